The smallest absolute Gasteiger partial charge is 0.262 e. The number of benzene rings is 3. The van der Waals surface area contributed by atoms with E-state index >= 15 is 0 Å². The Labute approximate surface area is 169 Å². The molecule has 0 amide bonds. The first-order valence-corrected chi connectivity index (χ1v) is 10.7. The van der Waals surface area contributed by atoms with Crippen LogP contribution in [0.4, 0.5) is 5.69 Å². The van der Waals surface area contributed by atoms with Crippen molar-refractivity contribution in [1.82, 2.24) is 4.98 Å². The molecule has 0 aliphatic carbocycles. The highest BCUT2D eigenvalue weighted by atomic mass is 35.5. The molecule has 28 heavy (non-hydrogen) atoms. The number of hydrogen-bond acceptors (Lipinski definition) is 2. The van der Waals surface area contributed by atoms with Crippen LogP contribution in [0.2, 0.25) is 5.02 Å². The Bertz CT molecular complexity index is 1280. The molecule has 0 unspecified atom stereocenters. The maximum absolute atomic E-state index is 12.7. The van der Waals surface area contributed by atoms with Crippen LogP contribution in [0.25, 0.3) is 22.2 Å². The summed E-state index contributed by atoms with van der Waals surface area (Å²) in [4.78, 5) is 3.64. The number of hydrogen-bond donors (Lipinski definition) is 2. The number of aromatic nitrogens is 1. The lowest BCUT2D eigenvalue weighted by molar-refractivity contribution is 0.600. The molecule has 4 aromatic rings. The van der Waals surface area contributed by atoms with Gasteiger partial charge in [0, 0.05) is 27.3 Å². The molecule has 3 aromatic carbocycles. The van der Waals surface area contributed by atoms with E-state index in [-0.39, 0.29) is 0 Å². The van der Waals surface area contributed by atoms with Gasteiger partial charge in [-0.1, -0.05) is 35.9 Å². The van der Waals surface area contributed by atoms with E-state index in [1.165, 1.54) is 0 Å². The third-order valence-corrected chi connectivity index (χ3v) is 6.42. The number of H-pyrrole nitrogens is 1. The van der Waals surface area contributed by atoms with Crippen LogP contribution in [0.15, 0.2) is 71.6 Å². The van der Waals surface area contributed by atoms with Gasteiger partial charge in [0.25, 0.3) is 10.0 Å². The highest BCUT2D eigenvalue weighted by molar-refractivity contribution is 7.92. The van der Waals surface area contributed by atoms with Crippen molar-refractivity contribution in [3.05, 3.63) is 82.9 Å². The molecule has 6 heteroatoms. The number of nitrogens with one attached hydrogen (secondary N) is 2. The van der Waals surface area contributed by atoms with E-state index in [1.54, 1.807) is 25.1 Å². The zero-order valence-corrected chi connectivity index (χ0v) is 17.0. The average Bonchev–Trinajstić information content (AvgIpc) is 3.07. The second-order valence-electron chi connectivity index (χ2n) is 6.87. The first-order valence-electron chi connectivity index (χ1n) is 8.81. The van der Waals surface area contributed by atoms with E-state index in [2.05, 4.69) is 9.71 Å². The fourth-order valence-corrected chi connectivity index (χ4v) is 4.75. The number of aromatic amines is 1. The summed E-state index contributed by atoms with van der Waals surface area (Å²) in [6.07, 6.45) is 0. The van der Waals surface area contributed by atoms with E-state index in [1.807, 2.05) is 55.5 Å². The lowest BCUT2D eigenvalue weighted by Crippen LogP contribution is -2.14. The highest BCUT2D eigenvalue weighted by Crippen LogP contribution is 2.28. The Hall–Kier alpha value is -2.76. The van der Waals surface area contributed by atoms with E-state index in [4.69, 9.17) is 11.6 Å². The molecule has 0 saturated carbocycles. The van der Waals surface area contributed by atoms with Crippen LogP contribution >= 0.6 is 11.6 Å². The standard InChI is InChI=1S/C22H19ClN2O2S/c1-14-3-4-15(2)22(11-14)28(26,27)25-19-8-5-16(6-9-19)21-13-17-12-18(23)7-10-20(17)24-21/h3-13,24-25H,1-2H3. The normalized spacial score (nSPS) is 11.7. The molecule has 0 radical (unpaired) electrons. The summed E-state index contributed by atoms with van der Waals surface area (Å²) in [6, 6.07) is 20.4. The lowest BCUT2D eigenvalue weighted by Gasteiger charge is -2.11. The minimum atomic E-state index is -3.64. The summed E-state index contributed by atoms with van der Waals surface area (Å²) in [5, 5.41) is 1.72. The number of sulfonamides is 1. The zero-order chi connectivity index (χ0) is 19.9. The number of halogens is 1. The summed E-state index contributed by atoms with van der Waals surface area (Å²) in [6.45, 7) is 3.67. The molecular weight excluding hydrogens is 392 g/mol. The van der Waals surface area contributed by atoms with Gasteiger partial charge in [-0.15, -0.1) is 0 Å². The Morgan fingerprint density at radius 2 is 1.64 bits per heavy atom. The zero-order valence-electron chi connectivity index (χ0n) is 15.5. The molecule has 0 bridgehead atoms. The van der Waals surface area contributed by atoms with Gasteiger partial charge < -0.3 is 4.98 Å². The van der Waals surface area contributed by atoms with Gasteiger partial charge in [0.2, 0.25) is 0 Å². The van der Waals surface area contributed by atoms with Crippen molar-refractivity contribution in [1.29, 1.82) is 0 Å². The predicted molar refractivity (Wildman–Crippen MR) is 115 cm³/mol. The number of aryl methyl sites for hydroxylation is 2. The van der Waals surface area contributed by atoms with Crippen molar-refractivity contribution in [3.63, 3.8) is 0 Å². The summed E-state index contributed by atoms with van der Waals surface area (Å²) in [5.74, 6) is 0. The number of rotatable bonds is 4. The fraction of sp³-hybridized carbons (Fsp3) is 0.0909. The second-order valence-corrected chi connectivity index (χ2v) is 8.95. The van der Waals surface area contributed by atoms with Crippen molar-refractivity contribution >= 4 is 38.2 Å². The van der Waals surface area contributed by atoms with Crippen LogP contribution in [0.3, 0.4) is 0 Å². The SMILES string of the molecule is Cc1ccc(C)c(S(=O)(=O)Nc2ccc(-c3cc4cc(Cl)ccc4[nH]3)cc2)c1. The molecule has 2 N–H and O–H groups in total. The largest absolute Gasteiger partial charge is 0.355 e. The Morgan fingerprint density at radius 1 is 0.893 bits per heavy atom. The predicted octanol–water partition coefficient (Wildman–Crippen LogP) is 5.91. The van der Waals surface area contributed by atoms with E-state index in [0.717, 1.165) is 27.7 Å². The first-order chi connectivity index (χ1) is 13.3. The van der Waals surface area contributed by atoms with Gasteiger partial charge in [-0.25, -0.2) is 8.42 Å². The van der Waals surface area contributed by atoms with Crippen molar-refractivity contribution < 1.29 is 8.42 Å². The van der Waals surface area contributed by atoms with Crippen molar-refractivity contribution in [3.8, 4) is 11.3 Å². The minimum absolute atomic E-state index is 0.295. The van der Waals surface area contributed by atoms with Gasteiger partial charge in [-0.2, -0.15) is 0 Å². The number of fused-ring (bicyclic) bond motifs is 1. The molecule has 4 nitrogen and oxygen atoms in total. The molecule has 0 atom stereocenters. The van der Waals surface area contributed by atoms with Crippen molar-refractivity contribution in [2.24, 2.45) is 0 Å². The molecular formula is C22H19ClN2O2S. The van der Waals surface area contributed by atoms with Crippen LogP contribution in [0, 0.1) is 13.8 Å². The molecule has 0 saturated heterocycles. The third-order valence-electron chi connectivity index (χ3n) is 4.66. The van der Waals surface area contributed by atoms with Crippen LogP contribution in [-0.2, 0) is 10.0 Å². The fourth-order valence-electron chi connectivity index (χ4n) is 3.18. The van der Waals surface area contributed by atoms with E-state index < -0.39 is 10.0 Å². The van der Waals surface area contributed by atoms with Gasteiger partial charge in [0.1, 0.15) is 0 Å². The molecule has 1 aromatic heterocycles. The molecule has 1 heterocycles. The topological polar surface area (TPSA) is 62.0 Å². The van der Waals surface area contributed by atoms with Crippen LogP contribution in [0.1, 0.15) is 11.1 Å². The minimum Gasteiger partial charge on any atom is -0.355 e. The van der Waals surface area contributed by atoms with Crippen molar-refractivity contribution in [2.75, 3.05) is 4.72 Å². The van der Waals surface area contributed by atoms with Gasteiger partial charge in [0.05, 0.1) is 4.90 Å². The molecule has 142 valence electrons. The molecule has 4 rings (SSSR count). The monoisotopic (exact) mass is 410 g/mol. The quantitative estimate of drug-likeness (QED) is 0.439. The van der Waals surface area contributed by atoms with Crippen molar-refractivity contribution in [2.45, 2.75) is 18.7 Å². The summed E-state index contributed by atoms with van der Waals surface area (Å²) in [5.41, 5.74) is 5.04. The van der Waals surface area contributed by atoms with Crippen LogP contribution < -0.4 is 4.72 Å². The highest BCUT2D eigenvalue weighted by Gasteiger charge is 2.17. The summed E-state index contributed by atoms with van der Waals surface area (Å²) >= 11 is 6.05. The average molecular weight is 411 g/mol. The maximum Gasteiger partial charge on any atom is 0.262 e. The Kier molecular flexibility index (Phi) is 4.65. The Balaban J connectivity index is 1.61. The number of anilines is 1. The van der Waals surface area contributed by atoms with E-state index in [9.17, 15) is 8.42 Å². The molecule has 0 spiro atoms. The maximum atomic E-state index is 12.7. The van der Waals surface area contributed by atoms with E-state index in [0.29, 0.717) is 21.2 Å². The summed E-state index contributed by atoms with van der Waals surface area (Å²) < 4.78 is 28.2. The molecule has 0 aliphatic rings. The molecule has 0 fully saturated rings. The third kappa shape index (κ3) is 3.63. The lowest BCUT2D eigenvalue weighted by atomic mass is 10.1. The first kappa shape index (κ1) is 18.6. The van der Waals surface area contributed by atoms with Gasteiger partial charge in [-0.3, -0.25) is 4.72 Å². The molecule has 0 aliphatic heterocycles. The Morgan fingerprint density at radius 3 is 2.39 bits per heavy atom. The summed E-state index contributed by atoms with van der Waals surface area (Å²) in [7, 11) is -3.64. The van der Waals surface area contributed by atoms with Gasteiger partial charge >= 0.3 is 0 Å². The second kappa shape index (κ2) is 7.00. The van der Waals surface area contributed by atoms with Crippen LogP contribution in [0.5, 0.6) is 0 Å². The van der Waals surface area contributed by atoms with Gasteiger partial charge in [0.15, 0.2) is 0 Å². The van der Waals surface area contributed by atoms with Crippen LogP contribution in [-0.4, -0.2) is 13.4 Å². The van der Waals surface area contributed by atoms with Gasteiger partial charge in [-0.05, 0) is 73.0 Å².